The minimum atomic E-state index is -1.04. The van der Waals surface area contributed by atoms with Gasteiger partial charge >= 0.3 is 0 Å². The van der Waals surface area contributed by atoms with Gasteiger partial charge in [0.1, 0.15) is 35.8 Å². The van der Waals surface area contributed by atoms with Gasteiger partial charge in [0.05, 0.1) is 22.3 Å². The Morgan fingerprint density at radius 1 is 1.21 bits per heavy atom. The molecule has 4 N–H and O–H groups in total. The Morgan fingerprint density at radius 3 is 2.79 bits per heavy atom. The van der Waals surface area contributed by atoms with Crippen molar-refractivity contribution >= 4 is 39.4 Å². The standard InChI is InChI=1S/C24H23ClFN5O2/c1-11(5-13-6-18(26)16-8-17(25)23(27)30-19(16)7-13)15-9-20(22(33)21(15)32)31-4-3-14-12(2)28-10-29-24(14)31/h3-4,6-11,20-22,32-33H,5H2,1-2H3,(H2,27,30)/t11?,20-,21-,22?/m1/s1. The predicted molar refractivity (Wildman–Crippen MR) is 125 cm³/mol. The van der Waals surface area contributed by atoms with E-state index in [4.69, 9.17) is 17.3 Å². The van der Waals surface area contributed by atoms with E-state index in [-0.39, 0.29) is 16.8 Å². The van der Waals surface area contributed by atoms with E-state index in [9.17, 15) is 14.6 Å². The van der Waals surface area contributed by atoms with Gasteiger partial charge in [0.2, 0.25) is 0 Å². The number of halogens is 2. The van der Waals surface area contributed by atoms with Crippen LogP contribution in [0.5, 0.6) is 0 Å². The third-order valence-electron chi connectivity index (χ3n) is 6.44. The predicted octanol–water partition coefficient (Wildman–Crippen LogP) is 3.74. The third-order valence-corrected chi connectivity index (χ3v) is 6.75. The monoisotopic (exact) mass is 467 g/mol. The van der Waals surface area contributed by atoms with Crippen LogP contribution in [0.25, 0.3) is 21.9 Å². The highest BCUT2D eigenvalue weighted by Gasteiger charge is 2.38. The number of nitrogen functional groups attached to an aromatic ring is 1. The zero-order valence-corrected chi connectivity index (χ0v) is 18.8. The Kier molecular flexibility index (Phi) is 5.31. The zero-order valence-electron chi connectivity index (χ0n) is 18.1. The molecule has 3 heterocycles. The molecule has 1 aliphatic rings. The summed E-state index contributed by atoms with van der Waals surface area (Å²) < 4.78 is 16.5. The Hall–Kier alpha value is -3.07. The molecule has 4 atom stereocenters. The molecule has 0 radical (unpaired) electrons. The van der Waals surface area contributed by atoms with Gasteiger partial charge in [-0.3, -0.25) is 0 Å². The molecule has 9 heteroatoms. The summed E-state index contributed by atoms with van der Waals surface area (Å²) in [7, 11) is 0. The minimum absolute atomic E-state index is 0.145. The molecule has 1 aromatic carbocycles. The lowest BCUT2D eigenvalue weighted by atomic mass is 9.91. The van der Waals surface area contributed by atoms with Crippen LogP contribution in [0.4, 0.5) is 10.2 Å². The number of pyridine rings is 1. The van der Waals surface area contributed by atoms with Crippen LogP contribution in [0.1, 0.15) is 24.2 Å². The summed E-state index contributed by atoms with van der Waals surface area (Å²) in [6, 6.07) is 6.13. The van der Waals surface area contributed by atoms with Crippen LogP contribution in [-0.2, 0) is 6.42 Å². The van der Waals surface area contributed by atoms with E-state index in [1.54, 1.807) is 6.07 Å². The van der Waals surface area contributed by atoms with Gasteiger partial charge < -0.3 is 20.5 Å². The molecular formula is C24H23ClFN5O2. The molecule has 0 fully saturated rings. The number of aliphatic hydroxyl groups excluding tert-OH is 2. The van der Waals surface area contributed by atoms with Gasteiger partial charge in [-0.05, 0) is 54.7 Å². The second-order valence-corrected chi connectivity index (χ2v) is 9.02. The van der Waals surface area contributed by atoms with Crippen molar-refractivity contribution in [3.05, 3.63) is 70.5 Å². The van der Waals surface area contributed by atoms with Crippen LogP contribution >= 0.6 is 11.6 Å². The Bertz CT molecular complexity index is 1420. The third kappa shape index (κ3) is 3.64. The molecule has 5 rings (SSSR count). The molecule has 0 saturated carbocycles. The van der Waals surface area contributed by atoms with E-state index in [2.05, 4.69) is 15.0 Å². The molecule has 7 nitrogen and oxygen atoms in total. The van der Waals surface area contributed by atoms with Crippen LogP contribution in [0.2, 0.25) is 5.02 Å². The van der Waals surface area contributed by atoms with E-state index in [0.29, 0.717) is 34.1 Å². The van der Waals surface area contributed by atoms with Crippen LogP contribution in [0.3, 0.4) is 0 Å². The molecule has 1 aliphatic carbocycles. The van der Waals surface area contributed by atoms with E-state index >= 15 is 0 Å². The van der Waals surface area contributed by atoms with Crippen molar-refractivity contribution in [3.63, 3.8) is 0 Å². The number of aromatic nitrogens is 4. The average Bonchev–Trinajstić information content (AvgIpc) is 3.32. The lowest BCUT2D eigenvalue weighted by Gasteiger charge is -2.21. The average molecular weight is 468 g/mol. The van der Waals surface area contributed by atoms with Crippen molar-refractivity contribution in [2.24, 2.45) is 5.92 Å². The van der Waals surface area contributed by atoms with Crippen LogP contribution in [0, 0.1) is 18.7 Å². The molecule has 2 unspecified atom stereocenters. The van der Waals surface area contributed by atoms with Gasteiger partial charge in [0, 0.05) is 17.0 Å². The lowest BCUT2D eigenvalue weighted by molar-refractivity contribution is 0.0293. The van der Waals surface area contributed by atoms with Crippen molar-refractivity contribution < 1.29 is 14.6 Å². The van der Waals surface area contributed by atoms with Crippen LogP contribution in [0.15, 0.2) is 48.4 Å². The Balaban J connectivity index is 1.46. The summed E-state index contributed by atoms with van der Waals surface area (Å²) in [6.07, 6.45) is 3.60. The number of aryl methyl sites for hydroxylation is 1. The molecule has 0 amide bonds. The van der Waals surface area contributed by atoms with E-state index < -0.39 is 24.1 Å². The second kappa shape index (κ2) is 8.06. The van der Waals surface area contributed by atoms with Crippen molar-refractivity contribution in [1.82, 2.24) is 19.5 Å². The first-order valence-electron chi connectivity index (χ1n) is 10.6. The topological polar surface area (TPSA) is 110 Å². The van der Waals surface area contributed by atoms with Gasteiger partial charge in [-0.1, -0.05) is 24.6 Å². The maximum Gasteiger partial charge on any atom is 0.144 e. The number of nitrogens with zero attached hydrogens (tertiary/aromatic N) is 4. The number of aliphatic hydroxyl groups is 2. The van der Waals surface area contributed by atoms with E-state index in [1.165, 1.54) is 18.5 Å². The van der Waals surface area contributed by atoms with Crippen LogP contribution in [-0.4, -0.2) is 41.9 Å². The number of fused-ring (bicyclic) bond motifs is 2. The van der Waals surface area contributed by atoms with Crippen molar-refractivity contribution in [2.75, 3.05) is 5.73 Å². The lowest BCUT2D eigenvalue weighted by Crippen LogP contribution is -2.30. The summed E-state index contributed by atoms with van der Waals surface area (Å²) in [5.74, 6) is -0.442. The summed E-state index contributed by atoms with van der Waals surface area (Å²) in [6.45, 7) is 3.84. The summed E-state index contributed by atoms with van der Waals surface area (Å²) in [5.41, 5.74) is 9.16. The minimum Gasteiger partial charge on any atom is -0.388 e. The fourth-order valence-corrected chi connectivity index (χ4v) is 4.83. The van der Waals surface area contributed by atoms with Gasteiger partial charge in [-0.25, -0.2) is 19.3 Å². The van der Waals surface area contributed by atoms with Crippen molar-refractivity contribution in [3.8, 4) is 0 Å². The molecule has 0 saturated heterocycles. The summed E-state index contributed by atoms with van der Waals surface area (Å²) in [5, 5.41) is 23.0. The maximum atomic E-state index is 14.7. The molecule has 33 heavy (non-hydrogen) atoms. The summed E-state index contributed by atoms with van der Waals surface area (Å²) >= 11 is 5.98. The number of benzene rings is 1. The first-order valence-corrected chi connectivity index (χ1v) is 11.0. The Labute approximate surface area is 194 Å². The van der Waals surface area contributed by atoms with Gasteiger partial charge in [-0.15, -0.1) is 0 Å². The van der Waals surface area contributed by atoms with Gasteiger partial charge in [0.15, 0.2) is 0 Å². The number of anilines is 1. The van der Waals surface area contributed by atoms with Gasteiger partial charge in [0.25, 0.3) is 0 Å². The molecule has 0 aliphatic heterocycles. The Morgan fingerprint density at radius 2 is 2.00 bits per heavy atom. The number of hydrogen-bond donors (Lipinski definition) is 3. The fourth-order valence-electron chi connectivity index (χ4n) is 4.68. The van der Waals surface area contributed by atoms with Crippen molar-refractivity contribution in [1.29, 1.82) is 0 Å². The zero-order chi connectivity index (χ0) is 23.4. The first-order chi connectivity index (χ1) is 15.7. The van der Waals surface area contributed by atoms with E-state index in [1.807, 2.05) is 36.8 Å². The molecule has 3 aromatic heterocycles. The van der Waals surface area contributed by atoms with Crippen molar-refractivity contribution in [2.45, 2.75) is 38.5 Å². The maximum absolute atomic E-state index is 14.7. The first kappa shape index (κ1) is 21.8. The number of nitrogens with two attached hydrogens (primary N) is 1. The van der Waals surface area contributed by atoms with Crippen LogP contribution < -0.4 is 5.73 Å². The molecule has 0 bridgehead atoms. The second-order valence-electron chi connectivity index (χ2n) is 8.62. The highest BCUT2D eigenvalue weighted by atomic mass is 35.5. The normalized spacial score (nSPS) is 21.6. The van der Waals surface area contributed by atoms with E-state index in [0.717, 1.165) is 11.1 Å². The highest BCUT2D eigenvalue weighted by Crippen LogP contribution is 2.37. The quantitative estimate of drug-likeness (QED) is 0.394. The number of hydrogen-bond acceptors (Lipinski definition) is 6. The molecular weight excluding hydrogens is 445 g/mol. The molecule has 170 valence electrons. The molecule has 4 aromatic rings. The van der Waals surface area contributed by atoms with Gasteiger partial charge in [-0.2, -0.15) is 0 Å². The SMILES string of the molecule is Cc1ncnc2c1ccn2[C@@H]1C=C(C(C)Cc2cc(F)c3cc(Cl)c(N)nc3c2)[C@@H](O)C1O. The molecule has 0 spiro atoms. The largest absolute Gasteiger partial charge is 0.388 e. The highest BCUT2D eigenvalue weighted by molar-refractivity contribution is 6.33. The smallest absolute Gasteiger partial charge is 0.144 e. The summed E-state index contributed by atoms with van der Waals surface area (Å²) in [4.78, 5) is 12.8. The fraction of sp³-hybridized carbons (Fsp3) is 0.292. The number of rotatable bonds is 4.